The first kappa shape index (κ1) is 21.3. The number of ketones is 1. The number of rotatable bonds is 3. The van der Waals surface area contributed by atoms with Crippen molar-refractivity contribution in [2.45, 2.75) is 49.8 Å². The fourth-order valence-corrected chi connectivity index (χ4v) is 3.59. The summed E-state index contributed by atoms with van der Waals surface area (Å²) in [5.41, 5.74) is 0.373. The third-order valence-electron chi connectivity index (χ3n) is 5.42. The molecule has 0 spiro atoms. The highest BCUT2D eigenvalue weighted by atomic mass is 16.7. The van der Waals surface area contributed by atoms with Crippen molar-refractivity contribution in [3.05, 3.63) is 47.5 Å². The molecule has 166 valence electrons. The van der Waals surface area contributed by atoms with Gasteiger partial charge in [0.25, 0.3) is 0 Å². The number of Topliss-reactive ketones (excluding diaryl/α,β-unsaturated/α-hetero) is 1. The van der Waals surface area contributed by atoms with Crippen molar-refractivity contribution in [2.75, 3.05) is 0 Å². The normalized spacial score (nSPS) is 32.8. The SMILES string of the molecule is CC1OC(Oc2ccc3c(c2)OC(c2ccc(O)c(O)c2)C(O)C3=O)C(O)C(O)C1O. The number of carbonyl (C=O) groups is 1. The van der Waals surface area contributed by atoms with Crippen LogP contribution in [0.3, 0.4) is 0 Å². The van der Waals surface area contributed by atoms with Crippen molar-refractivity contribution in [3.63, 3.8) is 0 Å². The van der Waals surface area contributed by atoms with Gasteiger partial charge in [0, 0.05) is 6.07 Å². The summed E-state index contributed by atoms with van der Waals surface area (Å²) in [4.78, 5) is 12.6. The van der Waals surface area contributed by atoms with E-state index >= 15 is 0 Å². The number of hydrogen-bond acceptors (Lipinski definition) is 10. The lowest BCUT2D eigenvalue weighted by molar-refractivity contribution is -0.268. The van der Waals surface area contributed by atoms with Crippen molar-refractivity contribution in [3.8, 4) is 23.0 Å². The van der Waals surface area contributed by atoms with Gasteiger partial charge in [0.1, 0.15) is 29.8 Å². The first-order valence-electron chi connectivity index (χ1n) is 9.58. The molecule has 0 saturated carbocycles. The van der Waals surface area contributed by atoms with Crippen LogP contribution in [0, 0.1) is 0 Å². The van der Waals surface area contributed by atoms with Crippen LogP contribution in [0.2, 0.25) is 0 Å². The third kappa shape index (κ3) is 3.80. The molecule has 1 fully saturated rings. The Morgan fingerprint density at radius 3 is 2.35 bits per heavy atom. The van der Waals surface area contributed by atoms with Crippen molar-refractivity contribution < 1.29 is 49.6 Å². The number of carbonyl (C=O) groups excluding carboxylic acids is 1. The first-order valence-corrected chi connectivity index (χ1v) is 9.58. The Morgan fingerprint density at radius 1 is 0.903 bits per heavy atom. The molecule has 0 radical (unpaired) electrons. The molecule has 31 heavy (non-hydrogen) atoms. The van der Waals surface area contributed by atoms with Gasteiger partial charge < -0.3 is 44.8 Å². The predicted octanol–water partition coefficient (Wildman–Crippen LogP) is -0.0186. The second-order valence-corrected chi connectivity index (χ2v) is 7.55. The highest BCUT2D eigenvalue weighted by Crippen LogP contribution is 2.39. The number of phenolic OH excluding ortho intramolecular Hbond substituents is 2. The second kappa shape index (κ2) is 7.98. The molecule has 0 aromatic heterocycles. The van der Waals surface area contributed by atoms with Gasteiger partial charge in [-0.15, -0.1) is 0 Å². The molecule has 7 unspecified atom stereocenters. The Kier molecular flexibility index (Phi) is 5.50. The van der Waals surface area contributed by atoms with Gasteiger partial charge in [-0.3, -0.25) is 4.79 Å². The van der Waals surface area contributed by atoms with Crippen LogP contribution in [0.15, 0.2) is 36.4 Å². The van der Waals surface area contributed by atoms with Crippen LogP contribution in [0.5, 0.6) is 23.0 Å². The molecule has 2 aromatic carbocycles. The number of phenols is 2. The molecule has 0 bridgehead atoms. The molecule has 2 aromatic rings. The highest BCUT2D eigenvalue weighted by molar-refractivity contribution is 6.03. The van der Waals surface area contributed by atoms with Crippen LogP contribution in [0.25, 0.3) is 0 Å². The lowest BCUT2D eigenvalue weighted by Gasteiger charge is -2.39. The largest absolute Gasteiger partial charge is 0.504 e. The summed E-state index contributed by atoms with van der Waals surface area (Å²) in [5, 5.41) is 59.4. The average Bonchev–Trinajstić information content (AvgIpc) is 2.75. The molecule has 0 aliphatic carbocycles. The van der Waals surface area contributed by atoms with Gasteiger partial charge in [0.15, 0.2) is 29.5 Å². The molecule has 7 atom stereocenters. The quantitative estimate of drug-likeness (QED) is 0.362. The van der Waals surface area contributed by atoms with E-state index in [2.05, 4.69) is 0 Å². The van der Waals surface area contributed by atoms with Crippen molar-refractivity contribution in [1.82, 2.24) is 0 Å². The molecule has 10 nitrogen and oxygen atoms in total. The maximum Gasteiger partial charge on any atom is 0.229 e. The van der Waals surface area contributed by atoms with Crippen LogP contribution in [0.4, 0.5) is 0 Å². The lowest BCUT2D eigenvalue weighted by Crippen LogP contribution is -2.58. The number of hydrogen-bond donors (Lipinski definition) is 6. The maximum absolute atomic E-state index is 12.6. The van der Waals surface area contributed by atoms with E-state index in [-0.39, 0.29) is 28.4 Å². The van der Waals surface area contributed by atoms with E-state index in [1.165, 1.54) is 43.3 Å². The smallest absolute Gasteiger partial charge is 0.229 e. The van der Waals surface area contributed by atoms with E-state index in [0.29, 0.717) is 0 Å². The summed E-state index contributed by atoms with van der Waals surface area (Å²) < 4.78 is 16.8. The minimum atomic E-state index is -1.54. The zero-order chi connectivity index (χ0) is 22.4. The Morgan fingerprint density at radius 2 is 1.65 bits per heavy atom. The fourth-order valence-electron chi connectivity index (χ4n) is 3.59. The van der Waals surface area contributed by atoms with Crippen LogP contribution in [-0.2, 0) is 4.74 Å². The summed E-state index contributed by atoms with van der Waals surface area (Å²) in [6.07, 6.45) is -9.00. The molecule has 10 heteroatoms. The number of aromatic hydroxyl groups is 2. The Hall–Kier alpha value is -2.89. The molecule has 1 saturated heterocycles. The summed E-state index contributed by atoms with van der Waals surface area (Å²) >= 11 is 0. The van der Waals surface area contributed by atoms with Gasteiger partial charge in [0.2, 0.25) is 6.29 Å². The van der Waals surface area contributed by atoms with Crippen LogP contribution >= 0.6 is 0 Å². The number of ether oxygens (including phenoxy) is 3. The van der Waals surface area contributed by atoms with E-state index in [1.807, 2.05) is 0 Å². The highest BCUT2D eigenvalue weighted by Gasteiger charge is 2.43. The zero-order valence-electron chi connectivity index (χ0n) is 16.3. The van der Waals surface area contributed by atoms with Crippen molar-refractivity contribution >= 4 is 5.78 Å². The minimum Gasteiger partial charge on any atom is -0.504 e. The number of fused-ring (bicyclic) bond motifs is 1. The fraction of sp³-hybridized carbons (Fsp3) is 0.381. The van der Waals surface area contributed by atoms with E-state index < -0.39 is 54.4 Å². The Balaban J connectivity index is 1.59. The summed E-state index contributed by atoms with van der Waals surface area (Å²) in [6.45, 7) is 1.52. The van der Waals surface area contributed by atoms with E-state index in [9.17, 15) is 35.4 Å². The average molecular weight is 434 g/mol. The van der Waals surface area contributed by atoms with E-state index in [4.69, 9.17) is 14.2 Å². The van der Waals surface area contributed by atoms with Gasteiger partial charge in [-0.1, -0.05) is 6.07 Å². The van der Waals surface area contributed by atoms with E-state index in [0.717, 1.165) is 0 Å². The molecule has 2 aliphatic rings. The molecule has 6 N–H and O–H groups in total. The summed E-state index contributed by atoms with van der Waals surface area (Å²) in [7, 11) is 0. The Bertz CT molecular complexity index is 992. The van der Waals surface area contributed by atoms with Crippen LogP contribution in [-0.4, -0.2) is 73.2 Å². The molecule has 4 rings (SSSR count). The second-order valence-electron chi connectivity index (χ2n) is 7.55. The maximum atomic E-state index is 12.6. The van der Waals surface area contributed by atoms with E-state index in [1.54, 1.807) is 0 Å². The number of aliphatic hydroxyl groups is 4. The topological polar surface area (TPSA) is 166 Å². The molecule has 2 heterocycles. The third-order valence-corrected chi connectivity index (χ3v) is 5.42. The zero-order valence-corrected chi connectivity index (χ0v) is 16.3. The van der Waals surface area contributed by atoms with Gasteiger partial charge in [-0.2, -0.15) is 0 Å². The van der Waals surface area contributed by atoms with Crippen LogP contribution < -0.4 is 9.47 Å². The van der Waals surface area contributed by atoms with Crippen LogP contribution in [0.1, 0.15) is 28.9 Å². The number of benzene rings is 2. The molecular weight excluding hydrogens is 412 g/mol. The van der Waals surface area contributed by atoms with Crippen molar-refractivity contribution in [2.24, 2.45) is 0 Å². The van der Waals surface area contributed by atoms with Gasteiger partial charge in [-0.05, 0) is 36.8 Å². The molecule has 2 aliphatic heterocycles. The van der Waals surface area contributed by atoms with Crippen molar-refractivity contribution in [1.29, 1.82) is 0 Å². The molecular formula is C21H22O10. The molecule has 0 amide bonds. The number of aliphatic hydroxyl groups excluding tert-OH is 4. The predicted molar refractivity (Wildman–Crippen MR) is 103 cm³/mol. The van der Waals surface area contributed by atoms with Gasteiger partial charge in [0.05, 0.1) is 11.7 Å². The van der Waals surface area contributed by atoms with Gasteiger partial charge in [-0.25, -0.2) is 0 Å². The lowest BCUT2D eigenvalue weighted by atomic mass is 9.93. The summed E-state index contributed by atoms with van der Waals surface area (Å²) in [6, 6.07) is 7.96. The Labute approximate surface area is 176 Å². The first-order chi connectivity index (χ1) is 14.7. The standard InChI is InChI=1S/C21H22O10/c1-8-15(24)17(26)19(28)21(29-8)30-10-3-4-11-14(7-10)31-20(18(27)16(11)25)9-2-5-12(22)13(23)6-9/h2-8,15,17-24,26-28H,1H3. The summed E-state index contributed by atoms with van der Waals surface area (Å²) in [5.74, 6) is -1.16. The monoisotopic (exact) mass is 434 g/mol. The van der Waals surface area contributed by atoms with Gasteiger partial charge >= 0.3 is 0 Å². The minimum absolute atomic E-state index is 0.0873.